The Morgan fingerprint density at radius 2 is 0.891 bits per heavy atom. The molecule has 3 aliphatic rings. The van der Waals surface area contributed by atoms with Crippen LogP contribution in [0, 0.1) is 16.7 Å². The first-order valence-electron chi connectivity index (χ1n) is 42.9. The number of phenolic OH excluding ortho intramolecular Hbond substituents is 2. The molecule has 46 heteroatoms. The van der Waals surface area contributed by atoms with Gasteiger partial charge in [0.25, 0.3) is 0 Å². The van der Waals surface area contributed by atoms with E-state index < -0.39 is 192 Å². The molecular weight excluding hydrogens is 1690 g/mol. The van der Waals surface area contributed by atoms with E-state index in [0.29, 0.717) is 56.2 Å². The number of aromatic hydroxyl groups is 2. The highest BCUT2D eigenvalue weighted by atomic mass is 32.2. The molecule has 128 heavy (non-hydrogen) atoms. The van der Waals surface area contributed by atoms with Gasteiger partial charge >= 0.3 is 11.9 Å². The molecule has 45 nitrogen and oxygen atoms in total. The third kappa shape index (κ3) is 41.1. The lowest BCUT2D eigenvalue weighted by molar-refractivity contribution is -0.141. The number of benzene rings is 2. The fraction of sp³-hybridized carbons (Fsp3) is 0.598. The van der Waals surface area contributed by atoms with E-state index in [2.05, 4.69) is 85.1 Å². The van der Waals surface area contributed by atoms with Crippen molar-refractivity contribution >= 4 is 136 Å². The standard InChI is InChI=1S/C82H124N22O23S/c1-2-31-88-63(108)19-6-4-12-37-104-68(113)43-62(80(104)127)128-46-52(83)72(119)90-33-9-3-5-20-65(110)97-56(73(120)91-34-10-7-15-49-40-61(107)53(17-13-35-92-81(84)85)96-66(111)44-94-74(121)59(41-69(114)115)102-78(125)57(100-71(49)118)38-47-21-25-50(105)26-22-47)29-30-64(109)89-32-11-8-16-55-77(124)101-58(39-48-23-27-51(106)28-24-48)79(126)103-60(42-70(116)117)75(122)95-45-67(112)98-54(76(123)99-55)18-14-36-93-82(86)87/h21-28,49,52-60,62,105-106H,2-20,29-46,83H2,1H3,(H,88,108)(H,89,109)(H,90,119)(H,91,120)(H,94,121)(H,95,122)(H,96,111)(H,97,110)(H,98,112)(H,99,123)(H,100,118)(H,101,124)(H,102,125)(H,103,126)(H,114,115)(H,116,117)(H4,84,85,92)(H4,86,87,93)/t49?,52?,53-,54-,55?,56?,57+,58+,59-,60-,62?/m1/s1. The van der Waals surface area contributed by atoms with Crippen molar-refractivity contribution in [2.45, 2.75) is 240 Å². The molecule has 2 aromatic carbocycles. The zero-order valence-corrected chi connectivity index (χ0v) is 72.6. The van der Waals surface area contributed by atoms with Gasteiger partial charge in [-0.1, -0.05) is 50.5 Å². The molecule has 0 aromatic heterocycles. The maximum atomic E-state index is 14.6. The maximum Gasteiger partial charge on any atom is 0.305 e. The minimum Gasteiger partial charge on any atom is -0.508 e. The minimum atomic E-state index is -1.77. The molecule has 3 heterocycles. The van der Waals surface area contributed by atoms with E-state index in [4.69, 9.17) is 28.0 Å². The number of nitrogens with two attached hydrogens (primary N) is 3. The summed E-state index contributed by atoms with van der Waals surface area (Å²) < 4.78 is 0. The lowest BCUT2D eigenvalue weighted by Crippen LogP contribution is -2.58. The number of carbonyl (C=O) groups excluding carboxylic acids is 17. The molecule has 2 aromatic rings. The van der Waals surface area contributed by atoms with Gasteiger partial charge in [0.2, 0.25) is 94.5 Å². The van der Waals surface area contributed by atoms with Crippen LogP contribution in [0.25, 0.3) is 0 Å². The highest BCUT2D eigenvalue weighted by Crippen LogP contribution is 2.27. The number of likely N-dealkylation sites (tertiary alicyclic amines) is 1. The fourth-order valence-electron chi connectivity index (χ4n) is 13.8. The van der Waals surface area contributed by atoms with Gasteiger partial charge in [-0.15, -0.1) is 11.8 Å². The van der Waals surface area contributed by atoms with Crippen LogP contribution < -0.4 is 102 Å². The van der Waals surface area contributed by atoms with Gasteiger partial charge in [-0.05, 0) is 132 Å². The quantitative estimate of drug-likeness (QED) is 0.0128. The third-order valence-electron chi connectivity index (χ3n) is 20.8. The number of unbranched alkanes of at least 4 members (excludes halogenated alkanes) is 6. The van der Waals surface area contributed by atoms with E-state index in [9.17, 15) is 112 Å². The van der Waals surface area contributed by atoms with Crippen LogP contribution in [0.2, 0.25) is 0 Å². The number of phenols is 2. The first-order valence-corrected chi connectivity index (χ1v) is 44.0. The maximum absolute atomic E-state index is 14.6. The summed E-state index contributed by atoms with van der Waals surface area (Å²) in [4.78, 5) is 257. The molecule has 0 aliphatic carbocycles. The Morgan fingerprint density at radius 3 is 1.43 bits per heavy atom. The number of rotatable bonds is 49. The zero-order chi connectivity index (χ0) is 94.2. The average molecular weight is 1820 g/mol. The van der Waals surface area contributed by atoms with Gasteiger partial charge in [0.1, 0.15) is 53.8 Å². The van der Waals surface area contributed by atoms with E-state index in [1.54, 1.807) is 0 Å². The number of thioether (sulfide) groups is 1. The summed E-state index contributed by atoms with van der Waals surface area (Å²) >= 11 is 1.10. The number of ketones is 1. The summed E-state index contributed by atoms with van der Waals surface area (Å²) in [5.41, 5.74) is 17.9. The largest absolute Gasteiger partial charge is 0.508 e. The molecule has 0 saturated carbocycles. The molecule has 3 aliphatic heterocycles. The van der Waals surface area contributed by atoms with Crippen LogP contribution in [0.3, 0.4) is 0 Å². The molecule has 5 unspecified atom stereocenters. The first-order chi connectivity index (χ1) is 61.0. The second-order valence-corrected chi connectivity index (χ2v) is 32.6. The van der Waals surface area contributed by atoms with Crippen molar-refractivity contribution in [3.8, 4) is 11.5 Å². The molecule has 0 radical (unpaired) electrons. The van der Waals surface area contributed by atoms with Gasteiger partial charge < -0.3 is 123 Å². The smallest absolute Gasteiger partial charge is 0.305 e. The molecule has 706 valence electrons. The number of imide groups is 1. The van der Waals surface area contributed by atoms with Crippen molar-refractivity contribution in [2.24, 2.45) is 23.1 Å². The summed E-state index contributed by atoms with van der Waals surface area (Å²) in [6, 6.07) is -2.17. The van der Waals surface area contributed by atoms with Gasteiger partial charge in [-0.25, -0.2) is 0 Å². The molecule has 5 rings (SSSR count). The summed E-state index contributed by atoms with van der Waals surface area (Å²) in [7, 11) is 0. The van der Waals surface area contributed by atoms with Gasteiger partial charge in [0.05, 0.1) is 43.3 Å². The summed E-state index contributed by atoms with van der Waals surface area (Å²) in [6.07, 6.45) is 0.305. The Kier molecular flexibility index (Phi) is 47.1. The van der Waals surface area contributed by atoms with Crippen molar-refractivity contribution in [1.82, 2.24) is 90.0 Å². The van der Waals surface area contributed by atoms with Gasteiger partial charge in [0.15, 0.2) is 17.7 Å². The summed E-state index contributed by atoms with van der Waals surface area (Å²) in [5.74, 6) is -17.9. The molecular formula is C82H124N22O23S. The van der Waals surface area contributed by atoms with Crippen LogP contribution in [0.1, 0.15) is 179 Å². The van der Waals surface area contributed by atoms with Crippen molar-refractivity contribution in [2.75, 3.05) is 64.7 Å². The van der Waals surface area contributed by atoms with Crippen LogP contribution in [0.4, 0.5) is 0 Å². The number of carbonyl (C=O) groups is 19. The van der Waals surface area contributed by atoms with E-state index in [1.807, 2.05) is 6.92 Å². The molecule has 0 spiro atoms. The zero-order valence-electron chi connectivity index (χ0n) is 71.8. The van der Waals surface area contributed by atoms with Crippen molar-refractivity contribution in [3.05, 3.63) is 59.7 Å². The Labute approximate surface area is 743 Å². The molecule has 16 amide bonds. The molecule has 3 fully saturated rings. The molecule has 3 saturated heterocycles. The predicted octanol–water partition coefficient (Wildman–Crippen LogP) is -4.62. The predicted molar refractivity (Wildman–Crippen MR) is 463 cm³/mol. The topological polar surface area (TPSA) is 727 Å². The Hall–Kier alpha value is -12.8. The summed E-state index contributed by atoms with van der Waals surface area (Å²) in [6.45, 7) is 1.29. The van der Waals surface area contributed by atoms with E-state index in [1.165, 1.54) is 53.4 Å². The monoisotopic (exact) mass is 1820 g/mol. The van der Waals surface area contributed by atoms with E-state index in [0.717, 1.165) is 18.2 Å². The summed E-state index contributed by atoms with van der Waals surface area (Å²) in [5, 5.41) is 94.9. The Bertz CT molecular complexity index is 4180. The number of Topliss-reactive ketones (excluding diaryl/α,β-unsaturated/α-hetero) is 1. The second-order valence-electron chi connectivity index (χ2n) is 31.3. The number of hydrogen-bond acceptors (Lipinski definition) is 25. The number of guanidine groups is 2. The molecule has 28 N–H and O–H groups in total. The number of nitrogens with zero attached hydrogens (tertiary/aromatic N) is 1. The highest BCUT2D eigenvalue weighted by Gasteiger charge is 2.40. The van der Waals surface area contributed by atoms with Crippen LogP contribution >= 0.6 is 11.8 Å². The van der Waals surface area contributed by atoms with Crippen molar-refractivity contribution in [3.63, 3.8) is 0 Å². The number of aliphatic carboxylic acids is 2. The lowest BCUT2D eigenvalue weighted by atomic mass is 9.90. The second kappa shape index (κ2) is 57.0. The van der Waals surface area contributed by atoms with Crippen LogP contribution in [0.5, 0.6) is 11.5 Å². The van der Waals surface area contributed by atoms with E-state index in [-0.39, 0.29) is 195 Å². The number of nitrogens with one attached hydrogen (secondary N) is 18. The molecule has 11 atom stereocenters. The minimum absolute atomic E-state index is 0.0340. The van der Waals surface area contributed by atoms with Crippen molar-refractivity contribution in [1.29, 1.82) is 10.8 Å². The number of amides is 16. The Balaban J connectivity index is 1.30. The Morgan fingerprint density at radius 1 is 0.461 bits per heavy atom. The third-order valence-corrected chi connectivity index (χ3v) is 22.1. The van der Waals surface area contributed by atoms with Gasteiger partial charge in [0, 0.05) is 102 Å². The van der Waals surface area contributed by atoms with Crippen LogP contribution in [-0.4, -0.2) is 274 Å². The number of carboxylic acid groups (broad SMARTS) is 2. The van der Waals surface area contributed by atoms with Crippen molar-refractivity contribution < 1.29 is 112 Å². The van der Waals surface area contributed by atoms with Gasteiger partial charge in [-0.3, -0.25) is 107 Å². The molecule has 0 bridgehead atoms. The SMILES string of the molecule is CCCNC(=O)CCCCCN1C(=O)CC(SCC(N)C(=O)NCCCCCC(=O)NC(CCC(=O)NCCCCC2NC(=O)[C@@H](CCCNC(=N)N)NC(=O)CNC(=O)[C@@H](CC(=O)O)NC(=O)[C@H](Cc3ccc(O)cc3)NC2=O)C(=O)NCCCCC2CC(=O)[C@@H](CCCNC(=N)N)NC(=O)CNC(=O)[C@@H](CC(=O)O)NC(=O)[C@H](Cc3ccc(O)cc3)NC2=O)C1=O. The van der Waals surface area contributed by atoms with Gasteiger partial charge in [-0.2, -0.15) is 0 Å². The number of carboxylic acids is 2. The van der Waals surface area contributed by atoms with Crippen LogP contribution in [0.15, 0.2) is 48.5 Å². The van der Waals surface area contributed by atoms with Crippen LogP contribution in [-0.2, 0) is 104 Å². The normalized spacial score (nSPS) is 20.4. The van der Waals surface area contributed by atoms with E-state index >= 15 is 0 Å². The number of hydrogen-bond donors (Lipinski definition) is 25. The lowest BCUT2D eigenvalue weighted by Gasteiger charge is -2.26. The highest BCUT2D eigenvalue weighted by molar-refractivity contribution is 8.00. The fourth-order valence-corrected chi connectivity index (χ4v) is 14.9. The first kappa shape index (κ1) is 106. The average Bonchev–Trinajstić information content (AvgIpc) is 1.71.